The molecular weight excluding hydrogens is 375 g/mol. The SMILES string of the molecule is O=C(Nc1ccc2c(c1)OCO2)c1cncc(Nc2ccc(F)c(F)c2F)c1. The second-order valence-corrected chi connectivity index (χ2v) is 5.83. The van der Waals surface area contributed by atoms with Gasteiger partial charge in [0.05, 0.1) is 23.1 Å². The van der Waals surface area contributed by atoms with E-state index in [4.69, 9.17) is 9.47 Å². The van der Waals surface area contributed by atoms with Crippen molar-refractivity contribution >= 4 is 23.0 Å². The van der Waals surface area contributed by atoms with Crippen LogP contribution in [0.3, 0.4) is 0 Å². The summed E-state index contributed by atoms with van der Waals surface area (Å²) in [6.45, 7) is 0.116. The molecule has 9 heteroatoms. The predicted molar refractivity (Wildman–Crippen MR) is 94.4 cm³/mol. The second kappa shape index (κ2) is 7.10. The molecule has 0 saturated carbocycles. The van der Waals surface area contributed by atoms with Crippen molar-refractivity contribution in [1.29, 1.82) is 0 Å². The summed E-state index contributed by atoms with van der Waals surface area (Å²) in [5.41, 5.74) is 0.599. The first kappa shape index (κ1) is 17.7. The average Bonchev–Trinajstić information content (AvgIpc) is 3.16. The quantitative estimate of drug-likeness (QED) is 0.656. The first-order valence-corrected chi connectivity index (χ1v) is 8.08. The highest BCUT2D eigenvalue weighted by Gasteiger charge is 2.16. The Morgan fingerprint density at radius 2 is 1.75 bits per heavy atom. The number of hydrogen-bond donors (Lipinski definition) is 2. The minimum absolute atomic E-state index is 0.116. The number of carbonyl (C=O) groups is 1. The van der Waals surface area contributed by atoms with Gasteiger partial charge >= 0.3 is 0 Å². The number of benzene rings is 2. The smallest absolute Gasteiger partial charge is 0.257 e. The van der Waals surface area contributed by atoms with Crippen LogP contribution in [-0.4, -0.2) is 17.7 Å². The minimum Gasteiger partial charge on any atom is -0.454 e. The maximum Gasteiger partial charge on any atom is 0.257 e. The number of anilines is 3. The van der Waals surface area contributed by atoms with Gasteiger partial charge in [-0.25, -0.2) is 13.2 Å². The Hall–Kier alpha value is -3.75. The van der Waals surface area contributed by atoms with Crippen molar-refractivity contribution in [2.45, 2.75) is 0 Å². The number of ether oxygens (including phenoxy) is 2. The Morgan fingerprint density at radius 1 is 0.929 bits per heavy atom. The molecule has 0 unspecified atom stereocenters. The summed E-state index contributed by atoms with van der Waals surface area (Å²) in [5.74, 6) is -3.62. The van der Waals surface area contributed by atoms with Crippen LogP contribution in [0.4, 0.5) is 30.2 Å². The van der Waals surface area contributed by atoms with Gasteiger partial charge in [0.2, 0.25) is 6.79 Å². The number of fused-ring (bicyclic) bond motifs is 1. The van der Waals surface area contributed by atoms with Crippen molar-refractivity contribution in [1.82, 2.24) is 4.98 Å². The van der Waals surface area contributed by atoms with E-state index in [9.17, 15) is 18.0 Å². The molecular formula is C19H12F3N3O3. The van der Waals surface area contributed by atoms with E-state index in [1.807, 2.05) is 0 Å². The largest absolute Gasteiger partial charge is 0.454 e. The van der Waals surface area contributed by atoms with Gasteiger partial charge in [0.1, 0.15) is 0 Å². The average molecular weight is 387 g/mol. The summed E-state index contributed by atoms with van der Waals surface area (Å²) in [5, 5.41) is 5.25. The highest BCUT2D eigenvalue weighted by Crippen LogP contribution is 2.34. The number of hydrogen-bond acceptors (Lipinski definition) is 5. The first-order valence-electron chi connectivity index (χ1n) is 8.08. The van der Waals surface area contributed by atoms with E-state index in [0.29, 0.717) is 17.2 Å². The molecule has 6 nitrogen and oxygen atoms in total. The fourth-order valence-electron chi connectivity index (χ4n) is 2.59. The lowest BCUT2D eigenvalue weighted by Crippen LogP contribution is -2.12. The number of nitrogens with zero attached hydrogens (tertiary/aromatic N) is 1. The van der Waals surface area contributed by atoms with Crippen LogP contribution >= 0.6 is 0 Å². The van der Waals surface area contributed by atoms with Gasteiger partial charge in [-0.3, -0.25) is 9.78 Å². The van der Waals surface area contributed by atoms with Crippen LogP contribution in [0.1, 0.15) is 10.4 Å². The number of carbonyl (C=O) groups excluding carboxylic acids is 1. The molecule has 28 heavy (non-hydrogen) atoms. The fraction of sp³-hybridized carbons (Fsp3) is 0.0526. The van der Waals surface area contributed by atoms with Crippen molar-refractivity contribution < 1.29 is 27.4 Å². The Balaban J connectivity index is 1.52. The number of aromatic nitrogens is 1. The zero-order chi connectivity index (χ0) is 19.7. The van der Waals surface area contributed by atoms with Gasteiger partial charge in [0.25, 0.3) is 5.91 Å². The second-order valence-electron chi connectivity index (χ2n) is 5.83. The van der Waals surface area contributed by atoms with Gasteiger partial charge in [-0.15, -0.1) is 0 Å². The first-order chi connectivity index (χ1) is 13.5. The van der Waals surface area contributed by atoms with E-state index in [1.165, 1.54) is 18.5 Å². The molecule has 0 aliphatic carbocycles. The van der Waals surface area contributed by atoms with Crippen molar-refractivity contribution in [3.05, 3.63) is 71.8 Å². The molecule has 4 rings (SSSR count). The lowest BCUT2D eigenvalue weighted by atomic mass is 10.2. The van der Waals surface area contributed by atoms with E-state index in [2.05, 4.69) is 15.6 Å². The molecule has 0 atom stereocenters. The van der Waals surface area contributed by atoms with Gasteiger partial charge in [-0.2, -0.15) is 0 Å². The predicted octanol–water partition coefficient (Wildman–Crippen LogP) is 4.22. The van der Waals surface area contributed by atoms with E-state index < -0.39 is 23.4 Å². The molecule has 3 aromatic rings. The Kier molecular flexibility index (Phi) is 4.48. The number of pyridine rings is 1. The van der Waals surface area contributed by atoms with Crippen LogP contribution in [-0.2, 0) is 0 Å². The zero-order valence-corrected chi connectivity index (χ0v) is 14.1. The third kappa shape index (κ3) is 3.41. The van der Waals surface area contributed by atoms with E-state index in [0.717, 1.165) is 12.1 Å². The summed E-state index contributed by atoms with van der Waals surface area (Å²) in [6.07, 6.45) is 2.63. The molecule has 1 aromatic heterocycles. The molecule has 0 spiro atoms. The van der Waals surface area contributed by atoms with Gasteiger partial charge in [-0.1, -0.05) is 0 Å². The van der Waals surface area contributed by atoms with Crippen LogP contribution in [0.2, 0.25) is 0 Å². The third-order valence-electron chi connectivity index (χ3n) is 3.95. The molecule has 1 aliphatic rings. The van der Waals surface area contributed by atoms with Crippen LogP contribution < -0.4 is 20.1 Å². The van der Waals surface area contributed by atoms with Crippen LogP contribution in [0.25, 0.3) is 0 Å². The number of nitrogens with one attached hydrogen (secondary N) is 2. The summed E-state index contributed by atoms with van der Waals surface area (Å²) >= 11 is 0. The van der Waals surface area contributed by atoms with Crippen molar-refractivity contribution in [2.75, 3.05) is 17.4 Å². The topological polar surface area (TPSA) is 72.5 Å². The molecule has 1 aliphatic heterocycles. The molecule has 2 N–H and O–H groups in total. The number of amides is 1. The molecule has 2 aromatic carbocycles. The highest BCUT2D eigenvalue weighted by atomic mass is 19.2. The van der Waals surface area contributed by atoms with Gasteiger partial charge in [-0.05, 0) is 30.3 Å². The zero-order valence-electron chi connectivity index (χ0n) is 14.1. The number of halogens is 3. The Labute approximate surface area is 156 Å². The van der Waals surface area contributed by atoms with Crippen LogP contribution in [0, 0.1) is 17.5 Å². The van der Waals surface area contributed by atoms with Crippen molar-refractivity contribution in [2.24, 2.45) is 0 Å². The van der Waals surface area contributed by atoms with Crippen molar-refractivity contribution in [3.8, 4) is 11.5 Å². The molecule has 0 radical (unpaired) electrons. The molecule has 0 saturated heterocycles. The summed E-state index contributed by atoms with van der Waals surface area (Å²) in [4.78, 5) is 16.4. The van der Waals surface area contributed by atoms with Gasteiger partial charge in [0.15, 0.2) is 29.0 Å². The van der Waals surface area contributed by atoms with E-state index in [1.54, 1.807) is 18.2 Å². The fourth-order valence-corrected chi connectivity index (χ4v) is 2.59. The monoisotopic (exact) mass is 387 g/mol. The molecule has 2 heterocycles. The van der Waals surface area contributed by atoms with E-state index >= 15 is 0 Å². The number of rotatable bonds is 4. The minimum atomic E-state index is -1.59. The maximum absolute atomic E-state index is 13.8. The Morgan fingerprint density at radius 3 is 2.61 bits per heavy atom. The van der Waals surface area contributed by atoms with Gasteiger partial charge < -0.3 is 20.1 Å². The molecule has 1 amide bonds. The lowest BCUT2D eigenvalue weighted by Gasteiger charge is -2.10. The third-order valence-corrected chi connectivity index (χ3v) is 3.95. The summed E-state index contributed by atoms with van der Waals surface area (Å²) in [6, 6.07) is 8.18. The van der Waals surface area contributed by atoms with Gasteiger partial charge in [0, 0.05) is 18.0 Å². The highest BCUT2D eigenvalue weighted by molar-refractivity contribution is 6.04. The molecule has 0 bridgehead atoms. The summed E-state index contributed by atoms with van der Waals surface area (Å²) in [7, 11) is 0. The van der Waals surface area contributed by atoms with Crippen LogP contribution in [0.5, 0.6) is 11.5 Å². The standard InChI is InChI=1S/C19H12F3N3O3/c20-13-2-3-14(18(22)17(13)21)24-12-5-10(7-23-8-12)19(26)25-11-1-4-15-16(6-11)28-9-27-15/h1-8,24H,9H2,(H,25,26). The maximum atomic E-state index is 13.8. The van der Waals surface area contributed by atoms with E-state index in [-0.39, 0.29) is 23.7 Å². The normalized spacial score (nSPS) is 12.0. The Bertz CT molecular complexity index is 1080. The van der Waals surface area contributed by atoms with Crippen LogP contribution in [0.15, 0.2) is 48.8 Å². The molecule has 0 fully saturated rings. The lowest BCUT2D eigenvalue weighted by molar-refractivity contribution is 0.102. The van der Waals surface area contributed by atoms with Crippen molar-refractivity contribution in [3.63, 3.8) is 0 Å². The summed E-state index contributed by atoms with van der Waals surface area (Å²) < 4.78 is 50.6. The molecule has 142 valence electrons.